The summed E-state index contributed by atoms with van der Waals surface area (Å²) < 4.78 is 5.29. The first-order valence-corrected chi connectivity index (χ1v) is 15.4. The second-order valence-corrected chi connectivity index (χ2v) is 13.2. The molecule has 10 heteroatoms. The van der Waals surface area contributed by atoms with Crippen molar-refractivity contribution in [2.45, 2.75) is 31.8 Å². The number of rotatable bonds is 6. The van der Waals surface area contributed by atoms with E-state index < -0.39 is 29.6 Å². The predicted octanol–water partition coefficient (Wildman–Crippen LogP) is 4.56. The van der Waals surface area contributed by atoms with Crippen molar-refractivity contribution in [3.63, 3.8) is 0 Å². The van der Waals surface area contributed by atoms with Crippen LogP contribution in [0, 0.1) is 29.6 Å². The van der Waals surface area contributed by atoms with Crippen LogP contribution in [0.1, 0.15) is 34.1 Å². The number of likely N-dealkylation sites (tertiary alicyclic amines) is 2. The van der Waals surface area contributed by atoms with Gasteiger partial charge in [0.1, 0.15) is 11.5 Å². The fraction of sp³-hybridized carbons (Fsp3) is 0.355. The minimum atomic E-state index is -0.699. The van der Waals surface area contributed by atoms with Gasteiger partial charge in [0.25, 0.3) is 0 Å². The zero-order valence-corrected chi connectivity index (χ0v) is 23.9. The van der Waals surface area contributed by atoms with E-state index in [1.165, 1.54) is 45.6 Å². The van der Waals surface area contributed by atoms with Crippen LogP contribution in [0.5, 0.6) is 11.5 Å². The zero-order valence-electron chi connectivity index (χ0n) is 22.3. The van der Waals surface area contributed by atoms with Crippen molar-refractivity contribution >= 4 is 46.3 Å². The summed E-state index contributed by atoms with van der Waals surface area (Å²) in [6.45, 7) is 0.441. The van der Waals surface area contributed by atoms with Crippen molar-refractivity contribution in [1.29, 1.82) is 0 Å². The number of ether oxygens (including phenoxy) is 1. The van der Waals surface area contributed by atoms with Gasteiger partial charge in [-0.2, -0.15) is 0 Å². The summed E-state index contributed by atoms with van der Waals surface area (Å²) in [4.78, 5) is 59.8. The van der Waals surface area contributed by atoms with Crippen LogP contribution in [0.4, 0.5) is 0 Å². The quantitative estimate of drug-likeness (QED) is 0.335. The van der Waals surface area contributed by atoms with Crippen LogP contribution in [0.3, 0.4) is 0 Å². The zero-order chi connectivity index (χ0) is 28.4. The lowest BCUT2D eigenvalue weighted by Gasteiger charge is -2.44. The van der Waals surface area contributed by atoms with Gasteiger partial charge in [0.05, 0.1) is 43.9 Å². The van der Waals surface area contributed by atoms with E-state index in [2.05, 4.69) is 0 Å². The third-order valence-electron chi connectivity index (χ3n) is 9.19. The number of hydrogen-bond acceptors (Lipinski definition) is 8. The SMILES string of the molecule is COc1ccc(C2C3=CCC4C(=O)N(Cc5cccs5)C(=O)C4C3CC3C(=O)N(Cc4cccs4)C(=O)C32)c(O)c1. The van der Waals surface area contributed by atoms with Gasteiger partial charge in [-0.25, -0.2) is 0 Å². The van der Waals surface area contributed by atoms with E-state index in [4.69, 9.17) is 4.74 Å². The number of amides is 4. The molecule has 7 rings (SSSR count). The molecule has 3 aromatic rings. The van der Waals surface area contributed by atoms with E-state index in [0.717, 1.165) is 15.3 Å². The molecule has 4 heterocycles. The van der Waals surface area contributed by atoms with Crippen LogP contribution in [0.2, 0.25) is 0 Å². The Morgan fingerprint density at radius 2 is 1.46 bits per heavy atom. The van der Waals surface area contributed by atoms with Gasteiger partial charge in [-0.1, -0.05) is 29.8 Å². The van der Waals surface area contributed by atoms with Gasteiger partial charge < -0.3 is 9.84 Å². The Morgan fingerprint density at radius 1 is 0.829 bits per heavy atom. The molecule has 1 aromatic carbocycles. The Bertz CT molecular complexity index is 1580. The lowest BCUT2D eigenvalue weighted by molar-refractivity contribution is -0.142. The largest absolute Gasteiger partial charge is 0.508 e. The number of phenolic OH excluding ortho intramolecular Hbond substituents is 1. The van der Waals surface area contributed by atoms with Crippen molar-refractivity contribution in [2.24, 2.45) is 29.6 Å². The molecule has 1 N–H and O–H groups in total. The summed E-state index contributed by atoms with van der Waals surface area (Å²) in [5.41, 5.74) is 1.40. The number of allylic oxidation sites excluding steroid dienone is 2. The number of hydrogen-bond donors (Lipinski definition) is 1. The van der Waals surface area contributed by atoms with Gasteiger partial charge in [0, 0.05) is 27.3 Å². The number of fused-ring (bicyclic) bond motifs is 4. The summed E-state index contributed by atoms with van der Waals surface area (Å²) in [6, 6.07) is 12.6. The monoisotopic (exact) mass is 588 g/mol. The van der Waals surface area contributed by atoms with Gasteiger partial charge in [-0.05, 0) is 47.7 Å². The highest BCUT2D eigenvalue weighted by atomic mass is 32.1. The number of carbonyl (C=O) groups excluding carboxylic acids is 4. The first-order chi connectivity index (χ1) is 19.9. The lowest BCUT2D eigenvalue weighted by Crippen LogP contribution is -2.43. The molecule has 6 unspecified atom stereocenters. The molecule has 2 saturated heterocycles. The number of aromatic hydroxyl groups is 1. The summed E-state index contributed by atoms with van der Waals surface area (Å²) in [7, 11) is 1.51. The lowest BCUT2D eigenvalue weighted by atomic mass is 9.57. The Morgan fingerprint density at radius 3 is 2.05 bits per heavy atom. The highest BCUT2D eigenvalue weighted by Crippen LogP contribution is 2.59. The van der Waals surface area contributed by atoms with E-state index in [1.807, 2.05) is 41.1 Å². The van der Waals surface area contributed by atoms with Gasteiger partial charge >= 0.3 is 0 Å². The van der Waals surface area contributed by atoms with Crippen LogP contribution in [-0.4, -0.2) is 45.6 Å². The molecule has 2 aromatic heterocycles. The smallest absolute Gasteiger partial charge is 0.234 e. The minimum absolute atomic E-state index is 0.0260. The molecule has 0 radical (unpaired) electrons. The third-order valence-corrected chi connectivity index (χ3v) is 10.9. The van der Waals surface area contributed by atoms with E-state index in [-0.39, 0.29) is 48.4 Å². The molecule has 1 saturated carbocycles. The maximum Gasteiger partial charge on any atom is 0.234 e. The molecule has 3 fully saturated rings. The fourth-order valence-corrected chi connectivity index (χ4v) is 8.79. The second-order valence-electron chi connectivity index (χ2n) is 11.1. The maximum absolute atomic E-state index is 14.0. The number of phenols is 1. The van der Waals surface area contributed by atoms with Crippen molar-refractivity contribution in [3.05, 3.63) is 80.2 Å². The summed E-state index contributed by atoms with van der Waals surface area (Å²) >= 11 is 2.99. The van der Waals surface area contributed by atoms with Crippen molar-refractivity contribution in [2.75, 3.05) is 7.11 Å². The highest BCUT2D eigenvalue weighted by molar-refractivity contribution is 7.10. The van der Waals surface area contributed by atoms with Crippen molar-refractivity contribution in [3.8, 4) is 11.5 Å². The molecule has 4 amide bonds. The molecule has 210 valence electrons. The molecule has 2 aliphatic heterocycles. The van der Waals surface area contributed by atoms with Gasteiger partial charge in [-0.3, -0.25) is 29.0 Å². The number of thiophene rings is 2. The molecule has 2 aliphatic carbocycles. The highest BCUT2D eigenvalue weighted by Gasteiger charge is 2.62. The Hall–Kier alpha value is -3.76. The minimum Gasteiger partial charge on any atom is -0.508 e. The Labute approximate surface area is 244 Å². The maximum atomic E-state index is 14.0. The standard InChI is InChI=1S/C31H28N2O6S2/c1-39-16-6-7-20(24(34)12-16)25-19-8-9-21-26(30(37)32(28(21)35)14-17-4-2-10-40-17)22(19)13-23-27(25)31(38)33(29(23)36)15-18-5-3-11-41-18/h2-8,10-12,21-23,25-27,34H,9,13-15H2,1H3. The number of nitrogens with zero attached hydrogens (tertiary/aromatic N) is 2. The molecule has 0 spiro atoms. The Balaban J connectivity index is 1.30. The van der Waals surface area contributed by atoms with E-state index in [1.54, 1.807) is 12.1 Å². The molecule has 0 bridgehead atoms. The molecular weight excluding hydrogens is 560 g/mol. The van der Waals surface area contributed by atoms with Gasteiger partial charge in [-0.15, -0.1) is 22.7 Å². The molecule has 6 atom stereocenters. The predicted molar refractivity (Wildman–Crippen MR) is 152 cm³/mol. The molecular formula is C31H28N2O6S2. The fourth-order valence-electron chi connectivity index (χ4n) is 7.41. The number of benzene rings is 1. The van der Waals surface area contributed by atoms with Crippen LogP contribution in [0.25, 0.3) is 0 Å². The first-order valence-electron chi connectivity index (χ1n) is 13.7. The average Bonchev–Trinajstić information content (AvgIpc) is 3.77. The third kappa shape index (κ3) is 4.06. The average molecular weight is 589 g/mol. The summed E-state index contributed by atoms with van der Waals surface area (Å²) in [5.74, 6) is -3.87. The molecule has 8 nitrogen and oxygen atoms in total. The molecule has 4 aliphatic rings. The summed E-state index contributed by atoms with van der Waals surface area (Å²) in [6.07, 6.45) is 2.70. The van der Waals surface area contributed by atoms with Gasteiger partial charge in [0.2, 0.25) is 23.6 Å². The van der Waals surface area contributed by atoms with Crippen molar-refractivity contribution in [1.82, 2.24) is 9.80 Å². The normalized spacial score (nSPS) is 29.0. The number of carbonyl (C=O) groups is 4. The van der Waals surface area contributed by atoms with E-state index in [9.17, 15) is 24.3 Å². The summed E-state index contributed by atoms with van der Waals surface area (Å²) in [5, 5.41) is 15.0. The first kappa shape index (κ1) is 26.2. The van der Waals surface area contributed by atoms with Crippen LogP contribution in [0.15, 0.2) is 64.9 Å². The van der Waals surface area contributed by atoms with Crippen LogP contribution >= 0.6 is 22.7 Å². The Kier molecular flexibility index (Phi) is 6.35. The molecule has 41 heavy (non-hydrogen) atoms. The number of methoxy groups -OCH3 is 1. The number of imide groups is 2. The van der Waals surface area contributed by atoms with Crippen LogP contribution < -0.4 is 4.74 Å². The van der Waals surface area contributed by atoms with Crippen LogP contribution in [-0.2, 0) is 32.3 Å². The van der Waals surface area contributed by atoms with E-state index in [0.29, 0.717) is 24.2 Å². The van der Waals surface area contributed by atoms with Gasteiger partial charge in [0.15, 0.2) is 0 Å². The second kappa shape index (κ2) is 9.95. The van der Waals surface area contributed by atoms with Crippen molar-refractivity contribution < 1.29 is 29.0 Å². The topological polar surface area (TPSA) is 104 Å². The van der Waals surface area contributed by atoms with E-state index >= 15 is 0 Å².